The molecule has 4 nitrogen and oxygen atoms in total. The second-order valence-corrected chi connectivity index (χ2v) is 4.65. The summed E-state index contributed by atoms with van der Waals surface area (Å²) in [5, 5.41) is 9.34. The van der Waals surface area contributed by atoms with Gasteiger partial charge in [-0.3, -0.25) is 4.99 Å². The zero-order chi connectivity index (χ0) is 12.5. The summed E-state index contributed by atoms with van der Waals surface area (Å²) in [6.45, 7) is 5.83. The molecule has 2 rings (SSSR count). The van der Waals surface area contributed by atoms with Crippen molar-refractivity contribution in [1.29, 1.82) is 0 Å². The van der Waals surface area contributed by atoms with Crippen LogP contribution >= 0.6 is 0 Å². The minimum Gasteiger partial charge on any atom is -0.508 e. The molecule has 0 aliphatic carbocycles. The predicted molar refractivity (Wildman–Crippen MR) is 68.9 cm³/mol. The van der Waals surface area contributed by atoms with Gasteiger partial charge in [-0.15, -0.1) is 0 Å². The number of benzene rings is 1. The van der Waals surface area contributed by atoms with E-state index in [1.165, 1.54) is 0 Å². The van der Waals surface area contributed by atoms with Crippen molar-refractivity contribution in [3.63, 3.8) is 0 Å². The molecule has 1 heterocycles. The summed E-state index contributed by atoms with van der Waals surface area (Å²) < 4.78 is 0. The standard InChI is InChI=1S/C13H19N3O/c1-3-8-16-12(14)15-9-13(16,2)10-4-6-11(17)7-5-10/h4-7,17H,3,8-9H2,1-2H3,(H2,14,15). The highest BCUT2D eigenvalue weighted by molar-refractivity contribution is 5.81. The minimum absolute atomic E-state index is 0.187. The van der Waals surface area contributed by atoms with E-state index < -0.39 is 0 Å². The van der Waals surface area contributed by atoms with E-state index in [1.807, 2.05) is 12.1 Å². The Bertz CT molecular complexity index is 427. The molecule has 1 aliphatic rings. The summed E-state index contributed by atoms with van der Waals surface area (Å²) in [5.74, 6) is 0.897. The fourth-order valence-electron chi connectivity index (χ4n) is 2.31. The number of phenolic OH excluding ortho intramolecular Hbond substituents is 1. The van der Waals surface area contributed by atoms with E-state index in [2.05, 4.69) is 23.7 Å². The summed E-state index contributed by atoms with van der Waals surface area (Å²) >= 11 is 0. The largest absolute Gasteiger partial charge is 0.508 e. The number of rotatable bonds is 3. The van der Waals surface area contributed by atoms with Gasteiger partial charge in [-0.2, -0.15) is 0 Å². The Kier molecular flexibility index (Phi) is 2.96. The Morgan fingerprint density at radius 3 is 2.65 bits per heavy atom. The summed E-state index contributed by atoms with van der Waals surface area (Å²) in [6.07, 6.45) is 1.03. The van der Waals surface area contributed by atoms with E-state index >= 15 is 0 Å². The lowest BCUT2D eigenvalue weighted by Gasteiger charge is -2.36. The van der Waals surface area contributed by atoms with Gasteiger partial charge in [-0.25, -0.2) is 0 Å². The minimum atomic E-state index is -0.187. The maximum Gasteiger partial charge on any atom is 0.192 e. The van der Waals surface area contributed by atoms with Crippen molar-refractivity contribution in [1.82, 2.24) is 4.90 Å². The summed E-state index contributed by atoms with van der Waals surface area (Å²) in [5.41, 5.74) is 6.88. The number of guanidine groups is 1. The molecule has 3 N–H and O–H groups in total. The number of nitrogens with zero attached hydrogens (tertiary/aromatic N) is 2. The molecule has 1 aliphatic heterocycles. The zero-order valence-electron chi connectivity index (χ0n) is 10.3. The number of hydrogen-bond acceptors (Lipinski definition) is 4. The van der Waals surface area contributed by atoms with Crippen LogP contribution in [0.3, 0.4) is 0 Å². The first-order chi connectivity index (χ1) is 8.08. The van der Waals surface area contributed by atoms with Crippen molar-refractivity contribution in [3.8, 4) is 5.75 Å². The fourth-order valence-corrected chi connectivity index (χ4v) is 2.31. The average Bonchev–Trinajstić information content (AvgIpc) is 2.60. The van der Waals surface area contributed by atoms with Crippen LogP contribution in [-0.2, 0) is 5.54 Å². The van der Waals surface area contributed by atoms with Gasteiger partial charge in [0.05, 0.1) is 12.1 Å². The SMILES string of the molecule is CCCN1C(N)=NCC1(C)c1ccc(O)cc1. The molecule has 0 aromatic heterocycles. The van der Waals surface area contributed by atoms with Gasteiger partial charge in [0, 0.05) is 6.54 Å². The lowest BCUT2D eigenvalue weighted by molar-refractivity contribution is 0.225. The van der Waals surface area contributed by atoms with E-state index in [0.717, 1.165) is 18.5 Å². The van der Waals surface area contributed by atoms with Gasteiger partial charge < -0.3 is 15.7 Å². The van der Waals surface area contributed by atoms with E-state index in [0.29, 0.717) is 12.5 Å². The first kappa shape index (κ1) is 11.8. The second kappa shape index (κ2) is 4.28. The lowest BCUT2D eigenvalue weighted by atomic mass is 9.91. The molecule has 0 bridgehead atoms. The molecule has 1 aromatic carbocycles. The fraction of sp³-hybridized carbons (Fsp3) is 0.462. The monoisotopic (exact) mass is 233 g/mol. The normalized spacial score (nSPS) is 23.9. The van der Waals surface area contributed by atoms with Gasteiger partial charge in [0.2, 0.25) is 0 Å². The smallest absolute Gasteiger partial charge is 0.192 e. The Morgan fingerprint density at radius 1 is 1.41 bits per heavy atom. The molecule has 1 unspecified atom stereocenters. The van der Waals surface area contributed by atoms with Gasteiger partial charge in [-0.05, 0) is 31.0 Å². The van der Waals surface area contributed by atoms with E-state index in [4.69, 9.17) is 5.73 Å². The van der Waals surface area contributed by atoms with Gasteiger partial charge in [0.15, 0.2) is 5.96 Å². The summed E-state index contributed by atoms with van der Waals surface area (Å²) in [7, 11) is 0. The predicted octanol–water partition coefficient (Wildman–Crippen LogP) is 1.65. The zero-order valence-corrected chi connectivity index (χ0v) is 10.3. The average molecular weight is 233 g/mol. The quantitative estimate of drug-likeness (QED) is 0.834. The van der Waals surface area contributed by atoms with Gasteiger partial charge >= 0.3 is 0 Å². The van der Waals surface area contributed by atoms with Crippen LogP contribution in [0.5, 0.6) is 5.75 Å². The number of hydrogen-bond donors (Lipinski definition) is 2. The third-order valence-corrected chi connectivity index (χ3v) is 3.36. The molecule has 0 fully saturated rings. The van der Waals surface area contributed by atoms with Crippen molar-refractivity contribution in [2.75, 3.05) is 13.1 Å². The number of aromatic hydroxyl groups is 1. The van der Waals surface area contributed by atoms with Crippen molar-refractivity contribution in [2.24, 2.45) is 10.7 Å². The van der Waals surface area contributed by atoms with Crippen LogP contribution in [0, 0.1) is 0 Å². The summed E-state index contributed by atoms with van der Waals surface area (Å²) in [4.78, 5) is 6.48. The molecule has 17 heavy (non-hydrogen) atoms. The highest BCUT2D eigenvalue weighted by Crippen LogP contribution is 2.33. The third kappa shape index (κ3) is 1.95. The topological polar surface area (TPSA) is 61.8 Å². The summed E-state index contributed by atoms with van der Waals surface area (Å²) in [6, 6.07) is 7.29. The molecule has 92 valence electrons. The second-order valence-electron chi connectivity index (χ2n) is 4.65. The molecular weight excluding hydrogens is 214 g/mol. The molecular formula is C13H19N3O. The van der Waals surface area contributed by atoms with Crippen LogP contribution in [0.4, 0.5) is 0 Å². The molecule has 4 heteroatoms. The van der Waals surface area contributed by atoms with E-state index in [9.17, 15) is 5.11 Å². The molecule has 0 amide bonds. The van der Waals surface area contributed by atoms with Crippen molar-refractivity contribution in [3.05, 3.63) is 29.8 Å². The maximum atomic E-state index is 9.34. The van der Waals surface area contributed by atoms with Crippen LogP contribution in [-0.4, -0.2) is 29.1 Å². The number of aliphatic imine (C=N–C) groups is 1. The first-order valence-corrected chi connectivity index (χ1v) is 5.95. The molecule has 1 aromatic rings. The van der Waals surface area contributed by atoms with Crippen LogP contribution in [0.1, 0.15) is 25.8 Å². The molecule has 0 radical (unpaired) electrons. The van der Waals surface area contributed by atoms with Crippen molar-refractivity contribution in [2.45, 2.75) is 25.8 Å². The van der Waals surface area contributed by atoms with Crippen LogP contribution < -0.4 is 5.73 Å². The van der Waals surface area contributed by atoms with Gasteiger partial charge in [0.1, 0.15) is 5.75 Å². The van der Waals surface area contributed by atoms with E-state index in [1.54, 1.807) is 12.1 Å². The third-order valence-electron chi connectivity index (χ3n) is 3.36. The highest BCUT2D eigenvalue weighted by Gasteiger charge is 2.38. The Labute approximate surface area is 102 Å². The Morgan fingerprint density at radius 2 is 2.06 bits per heavy atom. The maximum absolute atomic E-state index is 9.34. The van der Waals surface area contributed by atoms with Gasteiger partial charge in [-0.1, -0.05) is 19.1 Å². The van der Waals surface area contributed by atoms with Crippen LogP contribution in [0.25, 0.3) is 0 Å². The van der Waals surface area contributed by atoms with Crippen molar-refractivity contribution < 1.29 is 5.11 Å². The number of phenols is 1. The Balaban J connectivity index is 2.32. The first-order valence-electron chi connectivity index (χ1n) is 5.95. The van der Waals surface area contributed by atoms with Crippen LogP contribution in [0.15, 0.2) is 29.3 Å². The molecule has 0 spiro atoms. The van der Waals surface area contributed by atoms with Gasteiger partial charge in [0.25, 0.3) is 0 Å². The van der Waals surface area contributed by atoms with Crippen LogP contribution in [0.2, 0.25) is 0 Å². The highest BCUT2D eigenvalue weighted by atomic mass is 16.3. The lowest BCUT2D eigenvalue weighted by Crippen LogP contribution is -2.47. The van der Waals surface area contributed by atoms with E-state index in [-0.39, 0.29) is 11.3 Å². The molecule has 0 saturated heterocycles. The number of nitrogens with two attached hydrogens (primary N) is 1. The molecule has 0 saturated carbocycles. The molecule has 1 atom stereocenters. The van der Waals surface area contributed by atoms with Crippen molar-refractivity contribution >= 4 is 5.96 Å². The Hall–Kier alpha value is -1.71.